The highest BCUT2D eigenvalue weighted by atomic mass is 35.5. The zero-order valence-corrected chi connectivity index (χ0v) is 12.6. The topological polar surface area (TPSA) is 43.8 Å². The van der Waals surface area contributed by atoms with Crippen molar-refractivity contribution in [2.24, 2.45) is 0 Å². The van der Waals surface area contributed by atoms with E-state index in [9.17, 15) is 0 Å². The first kappa shape index (κ1) is 12.7. The number of anilines is 1. The van der Waals surface area contributed by atoms with E-state index < -0.39 is 0 Å². The highest BCUT2D eigenvalue weighted by Crippen LogP contribution is 2.43. The van der Waals surface area contributed by atoms with Gasteiger partial charge in [-0.2, -0.15) is 0 Å². The Bertz CT molecular complexity index is 826. The van der Waals surface area contributed by atoms with Crippen molar-refractivity contribution in [3.8, 4) is 5.69 Å². The third-order valence-electron chi connectivity index (χ3n) is 4.06. The van der Waals surface area contributed by atoms with E-state index >= 15 is 0 Å². The Morgan fingerprint density at radius 3 is 2.76 bits per heavy atom. The number of fused-ring (bicyclic) bond motifs is 1. The molecule has 0 atom stereocenters. The first-order chi connectivity index (χ1) is 10.1. The van der Waals surface area contributed by atoms with Crippen LogP contribution in [0.4, 0.5) is 5.69 Å². The lowest BCUT2D eigenvalue weighted by Crippen LogP contribution is -2.03. The number of para-hydroxylation sites is 1. The maximum Gasteiger partial charge on any atom is 0.117 e. The van der Waals surface area contributed by atoms with Crippen molar-refractivity contribution in [2.45, 2.75) is 25.7 Å². The van der Waals surface area contributed by atoms with Gasteiger partial charge in [0, 0.05) is 11.6 Å². The number of benzene rings is 2. The minimum Gasteiger partial charge on any atom is -0.399 e. The normalized spacial score (nSPS) is 14.8. The fraction of sp³-hybridized carbons (Fsp3) is 0.235. The van der Waals surface area contributed by atoms with Crippen LogP contribution in [0.25, 0.3) is 16.7 Å². The second kappa shape index (κ2) is 4.50. The maximum absolute atomic E-state index is 6.48. The van der Waals surface area contributed by atoms with E-state index in [-0.39, 0.29) is 0 Å². The summed E-state index contributed by atoms with van der Waals surface area (Å²) in [4.78, 5) is 4.82. The summed E-state index contributed by atoms with van der Waals surface area (Å²) in [7, 11) is 0. The molecule has 1 fully saturated rings. The standard InChI is InChI=1S/C17H16ClN3/c1-10-3-2-4-13(18)16(10)21-15-8-7-12(19)9-14(15)20-17(21)11-5-6-11/h2-4,7-9,11H,5-6,19H2,1H3. The Morgan fingerprint density at radius 2 is 2.05 bits per heavy atom. The smallest absolute Gasteiger partial charge is 0.117 e. The van der Waals surface area contributed by atoms with Gasteiger partial charge in [0.1, 0.15) is 5.82 Å². The molecule has 0 radical (unpaired) electrons. The number of nitrogens with zero attached hydrogens (tertiary/aromatic N) is 2. The number of aryl methyl sites for hydroxylation is 1. The van der Waals surface area contributed by atoms with Crippen LogP contribution in [0, 0.1) is 6.92 Å². The molecule has 1 heterocycles. The van der Waals surface area contributed by atoms with Crippen LogP contribution in [-0.2, 0) is 0 Å². The lowest BCUT2D eigenvalue weighted by atomic mass is 10.2. The Morgan fingerprint density at radius 1 is 1.24 bits per heavy atom. The third-order valence-corrected chi connectivity index (χ3v) is 4.36. The molecular weight excluding hydrogens is 282 g/mol. The maximum atomic E-state index is 6.48. The van der Waals surface area contributed by atoms with Crippen molar-refractivity contribution in [2.75, 3.05) is 5.73 Å². The Balaban J connectivity index is 2.09. The molecule has 2 N–H and O–H groups in total. The molecule has 0 aliphatic heterocycles. The van der Waals surface area contributed by atoms with Gasteiger partial charge in [-0.25, -0.2) is 4.98 Å². The molecular formula is C17H16ClN3. The van der Waals surface area contributed by atoms with Crippen LogP contribution < -0.4 is 5.73 Å². The fourth-order valence-corrected chi connectivity index (χ4v) is 3.18. The summed E-state index contributed by atoms with van der Waals surface area (Å²) in [6.07, 6.45) is 2.39. The highest BCUT2D eigenvalue weighted by Gasteiger charge is 2.31. The zero-order chi connectivity index (χ0) is 14.6. The molecule has 1 aliphatic carbocycles. The van der Waals surface area contributed by atoms with E-state index in [2.05, 4.69) is 17.6 Å². The number of hydrogen-bond acceptors (Lipinski definition) is 2. The SMILES string of the molecule is Cc1cccc(Cl)c1-n1c(C2CC2)nc2cc(N)ccc21. The van der Waals surface area contributed by atoms with Crippen LogP contribution >= 0.6 is 11.6 Å². The van der Waals surface area contributed by atoms with Gasteiger partial charge < -0.3 is 5.73 Å². The van der Waals surface area contributed by atoms with Gasteiger partial charge >= 0.3 is 0 Å². The lowest BCUT2D eigenvalue weighted by Gasteiger charge is -2.13. The van der Waals surface area contributed by atoms with Gasteiger partial charge in [0.15, 0.2) is 0 Å². The van der Waals surface area contributed by atoms with Crippen molar-refractivity contribution in [3.63, 3.8) is 0 Å². The predicted octanol–water partition coefficient (Wildman–Crippen LogP) is 4.45. The summed E-state index contributed by atoms with van der Waals surface area (Å²) in [6, 6.07) is 11.9. The van der Waals surface area contributed by atoms with Gasteiger partial charge in [0.2, 0.25) is 0 Å². The van der Waals surface area contributed by atoms with Crippen LogP contribution in [0.5, 0.6) is 0 Å². The molecule has 21 heavy (non-hydrogen) atoms. The monoisotopic (exact) mass is 297 g/mol. The van der Waals surface area contributed by atoms with E-state index in [1.165, 1.54) is 12.8 Å². The summed E-state index contributed by atoms with van der Waals surface area (Å²) in [6.45, 7) is 2.08. The molecule has 0 saturated heterocycles. The second-order valence-corrected chi connectivity index (χ2v) is 6.14. The molecule has 4 heteroatoms. The Hall–Kier alpha value is -2.00. The van der Waals surface area contributed by atoms with Gasteiger partial charge in [-0.3, -0.25) is 4.57 Å². The zero-order valence-electron chi connectivity index (χ0n) is 11.8. The predicted molar refractivity (Wildman–Crippen MR) is 87.2 cm³/mol. The molecule has 1 aromatic heterocycles. The lowest BCUT2D eigenvalue weighted by molar-refractivity contribution is 0.892. The Labute approximate surface area is 128 Å². The van der Waals surface area contributed by atoms with Gasteiger partial charge in [-0.1, -0.05) is 23.7 Å². The summed E-state index contributed by atoms with van der Waals surface area (Å²) in [5.41, 5.74) is 10.8. The van der Waals surface area contributed by atoms with Gasteiger partial charge in [0.25, 0.3) is 0 Å². The molecule has 106 valence electrons. The van der Waals surface area contributed by atoms with Gasteiger partial charge in [-0.05, 0) is 49.6 Å². The minimum atomic E-state index is 0.536. The molecule has 1 saturated carbocycles. The summed E-state index contributed by atoms with van der Waals surface area (Å²) >= 11 is 6.48. The number of nitrogens with two attached hydrogens (primary N) is 1. The number of imidazole rings is 1. The van der Waals surface area contributed by atoms with E-state index in [1.807, 2.05) is 30.3 Å². The van der Waals surface area contributed by atoms with E-state index in [0.717, 1.165) is 38.8 Å². The molecule has 1 aliphatic rings. The quantitative estimate of drug-likeness (QED) is 0.710. The van der Waals surface area contributed by atoms with Crippen molar-refractivity contribution in [1.82, 2.24) is 9.55 Å². The van der Waals surface area contributed by atoms with Crippen molar-refractivity contribution in [1.29, 1.82) is 0 Å². The van der Waals surface area contributed by atoms with Crippen molar-refractivity contribution < 1.29 is 0 Å². The number of nitrogen functional groups attached to an aromatic ring is 1. The third kappa shape index (κ3) is 2.00. The van der Waals surface area contributed by atoms with Crippen molar-refractivity contribution >= 4 is 28.3 Å². The Kier molecular flexibility index (Phi) is 2.73. The van der Waals surface area contributed by atoms with E-state index in [0.29, 0.717) is 5.92 Å². The molecule has 3 aromatic rings. The molecule has 2 aromatic carbocycles. The second-order valence-electron chi connectivity index (χ2n) is 5.73. The largest absolute Gasteiger partial charge is 0.399 e. The van der Waals surface area contributed by atoms with Gasteiger partial charge in [0.05, 0.1) is 21.7 Å². The average Bonchev–Trinajstić information content (AvgIpc) is 3.22. The van der Waals surface area contributed by atoms with E-state index in [1.54, 1.807) is 0 Å². The van der Waals surface area contributed by atoms with Crippen LogP contribution in [0.3, 0.4) is 0 Å². The molecule has 0 unspecified atom stereocenters. The average molecular weight is 298 g/mol. The van der Waals surface area contributed by atoms with Crippen molar-refractivity contribution in [3.05, 3.63) is 52.8 Å². The molecule has 0 spiro atoms. The van der Waals surface area contributed by atoms with Crippen LogP contribution in [-0.4, -0.2) is 9.55 Å². The fourth-order valence-electron chi connectivity index (χ4n) is 2.87. The van der Waals surface area contributed by atoms with E-state index in [4.69, 9.17) is 22.3 Å². The van der Waals surface area contributed by atoms with Crippen LogP contribution in [0.1, 0.15) is 30.1 Å². The van der Waals surface area contributed by atoms with Crippen LogP contribution in [0.15, 0.2) is 36.4 Å². The summed E-state index contributed by atoms with van der Waals surface area (Å²) in [5.74, 6) is 1.64. The van der Waals surface area contributed by atoms with Crippen LogP contribution in [0.2, 0.25) is 5.02 Å². The van der Waals surface area contributed by atoms with Gasteiger partial charge in [-0.15, -0.1) is 0 Å². The number of aromatic nitrogens is 2. The molecule has 0 bridgehead atoms. The summed E-state index contributed by atoms with van der Waals surface area (Å²) < 4.78 is 2.21. The highest BCUT2D eigenvalue weighted by molar-refractivity contribution is 6.32. The molecule has 0 amide bonds. The minimum absolute atomic E-state index is 0.536. The first-order valence-corrected chi connectivity index (χ1v) is 7.56. The number of hydrogen-bond donors (Lipinski definition) is 1. The first-order valence-electron chi connectivity index (χ1n) is 7.18. The number of rotatable bonds is 2. The summed E-state index contributed by atoms with van der Waals surface area (Å²) in [5, 5.41) is 0.757. The molecule has 4 rings (SSSR count). The number of halogens is 1. The molecule has 3 nitrogen and oxygen atoms in total.